The van der Waals surface area contributed by atoms with E-state index in [1.807, 2.05) is 0 Å². The van der Waals surface area contributed by atoms with Crippen molar-refractivity contribution in [2.75, 3.05) is 12.0 Å². The minimum Gasteiger partial charge on any atom is -0.0654 e. The van der Waals surface area contributed by atoms with Gasteiger partial charge >= 0.3 is 0 Å². The molecule has 0 saturated heterocycles. The first-order valence-electron chi connectivity index (χ1n) is 14.9. The summed E-state index contributed by atoms with van der Waals surface area (Å²) in [5, 5.41) is 0. The maximum atomic E-state index is 2.48. The highest BCUT2D eigenvalue weighted by Crippen LogP contribution is 2.16. The Morgan fingerprint density at radius 2 is 0.818 bits per heavy atom. The molecule has 0 amide bonds. The van der Waals surface area contributed by atoms with Crippen molar-refractivity contribution in [2.45, 2.75) is 154 Å². The number of hydrogen-bond acceptors (Lipinski definition) is 0. The van der Waals surface area contributed by atoms with Gasteiger partial charge < -0.3 is 0 Å². The van der Waals surface area contributed by atoms with Crippen LogP contribution in [-0.4, -0.2) is 12.0 Å². The van der Waals surface area contributed by atoms with Gasteiger partial charge in [0.05, 0.1) is 6.26 Å². The SMILES string of the molecule is CCCCCCCCCCCCc1ccc(C[S+](C)CCCCCCCCCCCC)cc1. The maximum Gasteiger partial charge on any atom is 0.132 e. The summed E-state index contributed by atoms with van der Waals surface area (Å²) in [6.45, 7) is 4.60. The predicted molar refractivity (Wildman–Crippen MR) is 156 cm³/mol. The van der Waals surface area contributed by atoms with E-state index in [0.29, 0.717) is 10.9 Å². The molecule has 0 nitrogen and oxygen atoms in total. The second kappa shape index (κ2) is 23.3. The summed E-state index contributed by atoms with van der Waals surface area (Å²) in [7, 11) is 0.546. The second-order valence-corrected chi connectivity index (χ2v) is 12.8. The Balaban J connectivity index is 1.97. The van der Waals surface area contributed by atoms with Crippen LogP contribution in [0.25, 0.3) is 0 Å². The van der Waals surface area contributed by atoms with Crippen LogP contribution in [-0.2, 0) is 23.1 Å². The van der Waals surface area contributed by atoms with E-state index in [1.54, 1.807) is 11.1 Å². The Hall–Kier alpha value is -0.430. The van der Waals surface area contributed by atoms with Crippen molar-refractivity contribution in [3.63, 3.8) is 0 Å². The fourth-order valence-corrected chi connectivity index (χ4v) is 6.41. The van der Waals surface area contributed by atoms with E-state index in [0.717, 1.165) is 0 Å². The molecule has 192 valence electrons. The van der Waals surface area contributed by atoms with Crippen molar-refractivity contribution in [1.29, 1.82) is 0 Å². The van der Waals surface area contributed by atoms with E-state index < -0.39 is 0 Å². The number of aryl methyl sites for hydroxylation is 1. The van der Waals surface area contributed by atoms with Crippen LogP contribution in [0.2, 0.25) is 0 Å². The largest absolute Gasteiger partial charge is 0.132 e. The van der Waals surface area contributed by atoms with Crippen LogP contribution in [0.3, 0.4) is 0 Å². The first kappa shape index (κ1) is 30.6. The van der Waals surface area contributed by atoms with E-state index >= 15 is 0 Å². The summed E-state index contributed by atoms with van der Waals surface area (Å²) in [6.07, 6.45) is 32.5. The van der Waals surface area contributed by atoms with Gasteiger partial charge in [0.1, 0.15) is 11.5 Å². The molecule has 1 aromatic rings. The van der Waals surface area contributed by atoms with Crippen LogP contribution in [0, 0.1) is 0 Å². The Labute approximate surface area is 212 Å². The first-order valence-corrected chi connectivity index (χ1v) is 16.9. The van der Waals surface area contributed by atoms with Gasteiger partial charge in [-0.15, -0.1) is 0 Å². The molecule has 1 aromatic carbocycles. The summed E-state index contributed by atoms with van der Waals surface area (Å²) in [6, 6.07) is 9.63. The van der Waals surface area contributed by atoms with Crippen LogP contribution in [0.1, 0.15) is 153 Å². The second-order valence-electron chi connectivity index (χ2n) is 10.6. The normalized spacial score (nSPS) is 12.3. The summed E-state index contributed by atoms with van der Waals surface area (Å²) in [4.78, 5) is 0. The highest BCUT2D eigenvalue weighted by atomic mass is 32.2. The van der Waals surface area contributed by atoms with Gasteiger partial charge in [-0.25, -0.2) is 0 Å². The molecule has 1 unspecified atom stereocenters. The quantitative estimate of drug-likeness (QED) is 0.103. The van der Waals surface area contributed by atoms with Gasteiger partial charge in [-0.1, -0.05) is 147 Å². The van der Waals surface area contributed by atoms with Crippen LogP contribution >= 0.6 is 0 Å². The lowest BCUT2D eigenvalue weighted by molar-refractivity contribution is 0.556. The molecule has 0 aliphatic rings. The monoisotopic (exact) mass is 475 g/mol. The zero-order valence-electron chi connectivity index (χ0n) is 23.0. The Morgan fingerprint density at radius 3 is 1.27 bits per heavy atom. The number of rotatable bonds is 24. The highest BCUT2D eigenvalue weighted by Gasteiger charge is 2.11. The minimum atomic E-state index is 0.546. The van der Waals surface area contributed by atoms with E-state index in [9.17, 15) is 0 Å². The molecule has 0 saturated carbocycles. The van der Waals surface area contributed by atoms with Gasteiger partial charge in [-0.05, 0) is 42.1 Å². The molecule has 1 atom stereocenters. The molecule has 0 N–H and O–H groups in total. The van der Waals surface area contributed by atoms with Crippen LogP contribution < -0.4 is 0 Å². The molecular formula is C32H59S+. The van der Waals surface area contributed by atoms with Crippen molar-refractivity contribution in [3.8, 4) is 0 Å². The fourth-order valence-electron chi connectivity index (χ4n) is 4.81. The molecule has 0 heterocycles. The van der Waals surface area contributed by atoms with Crippen LogP contribution in [0.4, 0.5) is 0 Å². The van der Waals surface area contributed by atoms with E-state index in [2.05, 4.69) is 44.4 Å². The lowest BCUT2D eigenvalue weighted by Crippen LogP contribution is -2.08. The summed E-state index contributed by atoms with van der Waals surface area (Å²) < 4.78 is 0. The van der Waals surface area contributed by atoms with Gasteiger partial charge in [0, 0.05) is 5.56 Å². The molecule has 1 heteroatoms. The topological polar surface area (TPSA) is 0 Å². The van der Waals surface area contributed by atoms with Crippen molar-refractivity contribution in [1.82, 2.24) is 0 Å². The molecule has 0 spiro atoms. The van der Waals surface area contributed by atoms with Crippen molar-refractivity contribution < 1.29 is 0 Å². The predicted octanol–water partition coefficient (Wildman–Crippen LogP) is 10.8. The number of hydrogen-bond donors (Lipinski definition) is 0. The molecule has 0 bridgehead atoms. The standard InChI is InChI=1S/C32H59S/c1-4-6-8-10-12-14-16-18-20-22-24-31-25-27-32(28-26-31)30-33(3)29-23-21-19-17-15-13-11-9-7-5-2/h25-28H,4-24,29-30H2,1-3H3/q+1. The van der Waals surface area contributed by atoms with Gasteiger partial charge in [-0.3, -0.25) is 0 Å². The molecule has 1 rings (SSSR count). The number of benzene rings is 1. The summed E-state index contributed by atoms with van der Waals surface area (Å²) >= 11 is 0. The fraction of sp³-hybridized carbons (Fsp3) is 0.812. The summed E-state index contributed by atoms with van der Waals surface area (Å²) in [5.74, 6) is 2.72. The highest BCUT2D eigenvalue weighted by molar-refractivity contribution is 7.95. The molecule has 0 aliphatic carbocycles. The maximum absolute atomic E-state index is 2.48. The van der Waals surface area contributed by atoms with Gasteiger partial charge in [0.15, 0.2) is 0 Å². The zero-order valence-corrected chi connectivity index (χ0v) is 23.8. The van der Waals surface area contributed by atoms with Gasteiger partial charge in [-0.2, -0.15) is 0 Å². The van der Waals surface area contributed by atoms with Crippen molar-refractivity contribution in [3.05, 3.63) is 35.4 Å². The first-order chi connectivity index (χ1) is 16.3. The molecule has 0 aliphatic heterocycles. The molecule has 0 radical (unpaired) electrons. The van der Waals surface area contributed by atoms with Crippen LogP contribution in [0.5, 0.6) is 0 Å². The van der Waals surface area contributed by atoms with Crippen molar-refractivity contribution >= 4 is 10.9 Å². The van der Waals surface area contributed by atoms with Gasteiger partial charge in [0.2, 0.25) is 0 Å². The third-order valence-electron chi connectivity index (χ3n) is 7.10. The Kier molecular flexibility index (Phi) is 21.6. The Morgan fingerprint density at radius 1 is 0.455 bits per heavy atom. The number of unbranched alkanes of at least 4 members (excludes halogenated alkanes) is 18. The van der Waals surface area contributed by atoms with Gasteiger partial charge in [0.25, 0.3) is 0 Å². The van der Waals surface area contributed by atoms with Crippen molar-refractivity contribution in [2.24, 2.45) is 0 Å². The third kappa shape index (κ3) is 19.6. The van der Waals surface area contributed by atoms with Crippen LogP contribution in [0.15, 0.2) is 24.3 Å². The Bertz CT molecular complexity index is 506. The smallest absolute Gasteiger partial charge is 0.0654 e. The summed E-state index contributed by atoms with van der Waals surface area (Å²) in [5.41, 5.74) is 3.10. The third-order valence-corrected chi connectivity index (χ3v) is 8.91. The molecule has 0 aromatic heterocycles. The zero-order chi connectivity index (χ0) is 23.8. The molecule has 0 fully saturated rings. The lowest BCUT2D eigenvalue weighted by Gasteiger charge is -2.07. The molecular weight excluding hydrogens is 416 g/mol. The average molecular weight is 476 g/mol. The van der Waals surface area contributed by atoms with E-state index in [4.69, 9.17) is 0 Å². The minimum absolute atomic E-state index is 0.546. The molecule has 33 heavy (non-hydrogen) atoms. The van der Waals surface area contributed by atoms with E-state index in [1.165, 1.54) is 146 Å². The lowest BCUT2D eigenvalue weighted by atomic mass is 10.0. The van der Waals surface area contributed by atoms with E-state index in [-0.39, 0.29) is 0 Å². The average Bonchev–Trinajstić information content (AvgIpc) is 2.82.